The van der Waals surface area contributed by atoms with Gasteiger partial charge in [-0.1, -0.05) is 17.3 Å². The predicted octanol–water partition coefficient (Wildman–Crippen LogP) is 2.86. The topological polar surface area (TPSA) is 85.6 Å². The van der Waals surface area contributed by atoms with E-state index in [1.54, 1.807) is 13.0 Å². The van der Waals surface area contributed by atoms with Gasteiger partial charge in [-0.15, -0.1) is 0 Å². The molecule has 1 aromatic heterocycles. The molecule has 1 aromatic carbocycles. The van der Waals surface area contributed by atoms with Crippen molar-refractivity contribution in [2.75, 3.05) is 18.5 Å². The van der Waals surface area contributed by atoms with Crippen LogP contribution in [0, 0.1) is 6.92 Å². The lowest BCUT2D eigenvalue weighted by atomic mass is 10.2. The van der Waals surface area contributed by atoms with E-state index in [4.69, 9.17) is 14.0 Å². The summed E-state index contributed by atoms with van der Waals surface area (Å²) in [6, 6.07) is 8.95. The van der Waals surface area contributed by atoms with Gasteiger partial charge in [-0.05, 0) is 37.5 Å². The smallest absolute Gasteiger partial charge is 0.320 e. The molecule has 0 aliphatic carbocycles. The van der Waals surface area contributed by atoms with Gasteiger partial charge in [0.05, 0.1) is 6.10 Å². The van der Waals surface area contributed by atoms with E-state index >= 15 is 0 Å². The second-order valence-electron chi connectivity index (χ2n) is 5.72. The van der Waals surface area contributed by atoms with Gasteiger partial charge in [0, 0.05) is 19.2 Å². The summed E-state index contributed by atoms with van der Waals surface area (Å²) in [4.78, 5) is 11.8. The lowest BCUT2D eigenvalue weighted by Gasteiger charge is -2.12. The maximum Gasteiger partial charge on any atom is 0.320 e. The molecule has 1 aliphatic rings. The molecule has 0 bridgehead atoms. The van der Waals surface area contributed by atoms with Crippen molar-refractivity contribution in [1.29, 1.82) is 0 Å². The fourth-order valence-corrected chi connectivity index (χ4v) is 2.44. The molecule has 1 atom stereocenters. The van der Waals surface area contributed by atoms with Crippen molar-refractivity contribution in [1.82, 2.24) is 10.5 Å². The Kier molecular flexibility index (Phi) is 5.32. The zero-order valence-corrected chi connectivity index (χ0v) is 13.6. The second-order valence-corrected chi connectivity index (χ2v) is 5.72. The van der Waals surface area contributed by atoms with Crippen LogP contribution in [0.1, 0.15) is 24.2 Å². The number of benzene rings is 1. The molecule has 0 unspecified atom stereocenters. The summed E-state index contributed by atoms with van der Waals surface area (Å²) in [6.07, 6.45) is 2.37. The maximum absolute atomic E-state index is 11.8. The van der Waals surface area contributed by atoms with Crippen LogP contribution in [0.5, 0.6) is 5.75 Å². The average molecular weight is 331 g/mol. The molecule has 0 spiro atoms. The lowest BCUT2D eigenvalue weighted by Crippen LogP contribution is -2.28. The highest BCUT2D eigenvalue weighted by molar-refractivity contribution is 5.88. The van der Waals surface area contributed by atoms with Crippen LogP contribution < -0.4 is 15.4 Å². The number of hydrogen-bond donors (Lipinski definition) is 2. The summed E-state index contributed by atoms with van der Waals surface area (Å²) in [7, 11) is 0. The summed E-state index contributed by atoms with van der Waals surface area (Å²) in [5, 5.41) is 9.06. The Morgan fingerprint density at radius 2 is 2.21 bits per heavy atom. The molecule has 2 heterocycles. The Hall–Kier alpha value is -2.54. The van der Waals surface area contributed by atoms with E-state index in [9.17, 15) is 4.79 Å². The number of carbonyl (C=O) groups is 1. The minimum Gasteiger partial charge on any atom is -0.491 e. The number of aromatic nitrogens is 1. The first kappa shape index (κ1) is 16.3. The summed E-state index contributed by atoms with van der Waals surface area (Å²) < 4.78 is 16.1. The quantitative estimate of drug-likeness (QED) is 0.850. The third kappa shape index (κ3) is 4.73. The number of carbonyl (C=O) groups excluding carboxylic acids is 1. The number of amides is 2. The van der Waals surface area contributed by atoms with Crippen LogP contribution in [0.3, 0.4) is 0 Å². The third-order valence-corrected chi connectivity index (χ3v) is 3.71. The summed E-state index contributed by atoms with van der Waals surface area (Å²) in [6.45, 7) is 3.58. The molecule has 24 heavy (non-hydrogen) atoms. The molecule has 0 saturated carbocycles. The van der Waals surface area contributed by atoms with Crippen LogP contribution in [-0.2, 0) is 11.3 Å². The molecule has 1 saturated heterocycles. The van der Waals surface area contributed by atoms with E-state index < -0.39 is 0 Å². The van der Waals surface area contributed by atoms with Gasteiger partial charge in [-0.3, -0.25) is 5.32 Å². The number of rotatable bonds is 6. The fourth-order valence-electron chi connectivity index (χ4n) is 2.44. The number of anilines is 1. The Labute approximate surface area is 140 Å². The van der Waals surface area contributed by atoms with Crippen molar-refractivity contribution >= 4 is 11.8 Å². The largest absolute Gasteiger partial charge is 0.491 e. The average Bonchev–Trinajstić information content (AvgIpc) is 3.24. The summed E-state index contributed by atoms with van der Waals surface area (Å²) >= 11 is 0. The number of nitrogens with one attached hydrogen (secondary N) is 2. The molecule has 1 fully saturated rings. The molecule has 0 radical (unpaired) electrons. The Morgan fingerprint density at radius 1 is 1.38 bits per heavy atom. The monoisotopic (exact) mass is 331 g/mol. The first-order chi connectivity index (χ1) is 11.7. The van der Waals surface area contributed by atoms with Crippen LogP contribution >= 0.6 is 0 Å². The minimum absolute atomic E-state index is 0.204. The molecule has 7 nitrogen and oxygen atoms in total. The number of ether oxygens (including phenoxy) is 2. The van der Waals surface area contributed by atoms with Gasteiger partial charge in [-0.2, -0.15) is 0 Å². The predicted molar refractivity (Wildman–Crippen MR) is 88.0 cm³/mol. The molecule has 1 aliphatic heterocycles. The SMILES string of the molecule is Cc1cc(NC(=O)NCc2ccc(OC[C@@H]3CCCO3)cc2)no1. The highest BCUT2D eigenvalue weighted by Crippen LogP contribution is 2.16. The molecule has 2 aromatic rings. The van der Waals surface area contributed by atoms with Gasteiger partial charge >= 0.3 is 6.03 Å². The van der Waals surface area contributed by atoms with Crippen molar-refractivity contribution in [2.24, 2.45) is 0 Å². The van der Waals surface area contributed by atoms with Crippen LogP contribution in [0.15, 0.2) is 34.9 Å². The summed E-state index contributed by atoms with van der Waals surface area (Å²) in [5.41, 5.74) is 0.978. The number of hydrogen-bond acceptors (Lipinski definition) is 5. The number of urea groups is 1. The highest BCUT2D eigenvalue weighted by atomic mass is 16.5. The lowest BCUT2D eigenvalue weighted by molar-refractivity contribution is 0.0679. The zero-order valence-electron chi connectivity index (χ0n) is 13.6. The van der Waals surface area contributed by atoms with Crippen molar-refractivity contribution in [3.63, 3.8) is 0 Å². The Bertz CT molecular complexity index is 663. The molecule has 2 amide bonds. The standard InChI is InChI=1S/C17H21N3O4/c1-12-9-16(20-24-12)19-17(21)18-10-13-4-6-14(7-5-13)23-11-15-3-2-8-22-15/h4-7,9,15H,2-3,8,10-11H2,1H3,(H2,18,19,20,21)/t15-/m0/s1. The number of aryl methyl sites for hydroxylation is 1. The van der Waals surface area contributed by atoms with Crippen LogP contribution in [0.2, 0.25) is 0 Å². The van der Waals surface area contributed by atoms with Gasteiger partial charge in [-0.25, -0.2) is 4.79 Å². The van der Waals surface area contributed by atoms with Crippen LogP contribution in [0.25, 0.3) is 0 Å². The van der Waals surface area contributed by atoms with Crippen molar-refractivity contribution in [2.45, 2.75) is 32.4 Å². The molecule has 3 rings (SSSR count). The van der Waals surface area contributed by atoms with Gasteiger partial charge in [0.15, 0.2) is 5.82 Å². The van der Waals surface area contributed by atoms with Crippen LogP contribution in [0.4, 0.5) is 10.6 Å². The van der Waals surface area contributed by atoms with Crippen LogP contribution in [-0.4, -0.2) is 30.5 Å². The first-order valence-electron chi connectivity index (χ1n) is 8.00. The molecule has 128 valence electrons. The maximum atomic E-state index is 11.8. The van der Waals surface area contributed by atoms with Crippen molar-refractivity contribution in [3.8, 4) is 5.75 Å². The van der Waals surface area contributed by atoms with Gasteiger partial charge in [0.2, 0.25) is 0 Å². The first-order valence-corrected chi connectivity index (χ1v) is 8.00. The summed E-state index contributed by atoms with van der Waals surface area (Å²) in [5.74, 6) is 1.84. The van der Waals surface area contributed by atoms with E-state index in [1.165, 1.54) is 0 Å². The van der Waals surface area contributed by atoms with E-state index in [-0.39, 0.29) is 12.1 Å². The zero-order chi connectivity index (χ0) is 16.8. The number of nitrogens with zero attached hydrogens (tertiary/aromatic N) is 1. The molecule has 7 heteroatoms. The molecule has 2 N–H and O–H groups in total. The Balaban J connectivity index is 1.41. The van der Waals surface area contributed by atoms with Gasteiger partial charge in [0.25, 0.3) is 0 Å². The molecular formula is C17H21N3O4. The van der Waals surface area contributed by atoms with E-state index in [2.05, 4.69) is 15.8 Å². The van der Waals surface area contributed by atoms with Crippen molar-refractivity contribution < 1.29 is 18.8 Å². The van der Waals surface area contributed by atoms with Crippen molar-refractivity contribution in [3.05, 3.63) is 41.7 Å². The Morgan fingerprint density at radius 3 is 2.88 bits per heavy atom. The highest BCUT2D eigenvalue weighted by Gasteiger charge is 2.15. The van der Waals surface area contributed by atoms with E-state index in [1.807, 2.05) is 24.3 Å². The normalized spacial score (nSPS) is 16.8. The van der Waals surface area contributed by atoms with Gasteiger partial charge < -0.3 is 19.3 Å². The molecular weight excluding hydrogens is 310 g/mol. The van der Waals surface area contributed by atoms with Gasteiger partial charge in [0.1, 0.15) is 18.1 Å². The van der Waals surface area contributed by atoms with E-state index in [0.29, 0.717) is 24.7 Å². The third-order valence-electron chi connectivity index (χ3n) is 3.71. The fraction of sp³-hybridized carbons (Fsp3) is 0.412. The minimum atomic E-state index is -0.331. The second kappa shape index (κ2) is 7.83. The van der Waals surface area contributed by atoms with E-state index in [0.717, 1.165) is 30.8 Å².